The van der Waals surface area contributed by atoms with E-state index in [9.17, 15) is 18.0 Å². The normalized spacial score (nSPS) is 20.0. The molecule has 21 heavy (non-hydrogen) atoms. The van der Waals surface area contributed by atoms with E-state index in [1.165, 1.54) is 6.07 Å². The molecule has 0 spiro atoms. The van der Waals surface area contributed by atoms with Crippen LogP contribution in [0.25, 0.3) is 0 Å². The van der Waals surface area contributed by atoms with Crippen LogP contribution < -0.4 is 10.6 Å². The molecule has 1 aliphatic rings. The minimum Gasteiger partial charge on any atom is -0.387 e. The maximum Gasteiger partial charge on any atom is 0.416 e. The maximum absolute atomic E-state index is 12.7. The van der Waals surface area contributed by atoms with Crippen molar-refractivity contribution in [2.45, 2.75) is 26.4 Å². The van der Waals surface area contributed by atoms with Crippen LogP contribution in [0.3, 0.4) is 0 Å². The second-order valence-corrected chi connectivity index (χ2v) is 6.11. The van der Waals surface area contributed by atoms with Crippen molar-refractivity contribution >= 4 is 11.6 Å². The summed E-state index contributed by atoms with van der Waals surface area (Å²) in [4.78, 5) is 12.1. The Balaban J connectivity index is 2.14. The number of hydrogen-bond acceptors (Lipinski definition) is 2. The molecule has 6 heteroatoms. The molecule has 2 rings (SSSR count). The summed E-state index contributed by atoms with van der Waals surface area (Å²) in [7, 11) is 1.57. The zero-order chi connectivity index (χ0) is 15.8. The third-order valence-corrected chi connectivity index (χ3v) is 4.09. The lowest BCUT2D eigenvalue weighted by atomic mass is 10.1. The molecule has 1 atom stereocenters. The molecule has 0 aromatic heterocycles. The van der Waals surface area contributed by atoms with Gasteiger partial charge in [0.1, 0.15) is 0 Å². The fraction of sp³-hybridized carbons (Fsp3) is 0.533. The Bertz CT molecular complexity index is 552. The number of carbonyl (C=O) groups is 1. The van der Waals surface area contributed by atoms with Gasteiger partial charge in [-0.2, -0.15) is 13.2 Å². The molecule has 1 aromatic rings. The van der Waals surface area contributed by atoms with E-state index in [1.807, 2.05) is 0 Å². The van der Waals surface area contributed by atoms with Gasteiger partial charge in [0.15, 0.2) is 0 Å². The summed E-state index contributed by atoms with van der Waals surface area (Å²) in [5.41, 5.74) is -0.202. The number of rotatable bonds is 4. The number of carbonyl (C=O) groups excluding carboxylic acids is 1. The summed E-state index contributed by atoms with van der Waals surface area (Å²) in [6.07, 6.45) is -3.44. The molecule has 1 amide bonds. The number of amides is 1. The van der Waals surface area contributed by atoms with Crippen molar-refractivity contribution in [3.63, 3.8) is 0 Å². The Morgan fingerprint density at radius 3 is 2.48 bits per heavy atom. The lowest BCUT2D eigenvalue weighted by Gasteiger charge is -2.13. The van der Waals surface area contributed by atoms with E-state index in [4.69, 9.17) is 0 Å². The number of alkyl halides is 3. The van der Waals surface area contributed by atoms with Gasteiger partial charge < -0.3 is 10.6 Å². The monoisotopic (exact) mass is 300 g/mol. The third kappa shape index (κ3) is 3.49. The van der Waals surface area contributed by atoms with Crippen LogP contribution in [-0.2, 0) is 6.18 Å². The first-order valence-electron chi connectivity index (χ1n) is 6.82. The molecule has 1 aromatic carbocycles. The average Bonchev–Trinajstić information content (AvgIpc) is 3.01. The van der Waals surface area contributed by atoms with Gasteiger partial charge >= 0.3 is 6.18 Å². The molecule has 1 unspecified atom stereocenters. The molecule has 0 bridgehead atoms. The van der Waals surface area contributed by atoms with Gasteiger partial charge in [0.2, 0.25) is 0 Å². The number of halogens is 3. The van der Waals surface area contributed by atoms with Gasteiger partial charge in [0.05, 0.1) is 11.1 Å². The Kier molecular flexibility index (Phi) is 3.91. The molecule has 1 fully saturated rings. The van der Waals surface area contributed by atoms with Crippen LogP contribution in [0, 0.1) is 11.3 Å². The Labute approximate surface area is 121 Å². The summed E-state index contributed by atoms with van der Waals surface area (Å²) < 4.78 is 38.2. The number of anilines is 1. The van der Waals surface area contributed by atoms with Gasteiger partial charge in [-0.05, 0) is 36.0 Å². The van der Waals surface area contributed by atoms with Crippen LogP contribution in [0.5, 0.6) is 0 Å². The molecule has 0 heterocycles. The summed E-state index contributed by atoms with van der Waals surface area (Å²) >= 11 is 0. The lowest BCUT2D eigenvalue weighted by Crippen LogP contribution is -2.27. The molecule has 3 nitrogen and oxygen atoms in total. The predicted molar refractivity (Wildman–Crippen MR) is 75.2 cm³/mol. The molecule has 1 aliphatic carbocycles. The summed E-state index contributed by atoms with van der Waals surface area (Å²) in [6.45, 7) is 4.70. The van der Waals surface area contributed by atoms with E-state index < -0.39 is 17.6 Å². The highest BCUT2D eigenvalue weighted by atomic mass is 19.4. The molecule has 1 saturated carbocycles. The average molecular weight is 300 g/mol. The standard InChI is InChI=1S/C15H19F3N2O/c1-14(2)7-10(14)8-20-13(21)11-6-9(15(16,17)18)4-5-12(11)19-3/h4-6,10,19H,7-8H2,1-3H3,(H,20,21). The van der Waals surface area contributed by atoms with Gasteiger partial charge in [-0.1, -0.05) is 13.8 Å². The third-order valence-electron chi connectivity index (χ3n) is 4.09. The van der Waals surface area contributed by atoms with Gasteiger partial charge in [0.25, 0.3) is 5.91 Å². The second-order valence-electron chi connectivity index (χ2n) is 6.11. The maximum atomic E-state index is 12.7. The fourth-order valence-electron chi connectivity index (χ4n) is 2.36. The van der Waals surface area contributed by atoms with Crippen LogP contribution in [0.1, 0.15) is 36.2 Å². The minimum absolute atomic E-state index is 0.0192. The topological polar surface area (TPSA) is 41.1 Å². The smallest absolute Gasteiger partial charge is 0.387 e. The highest BCUT2D eigenvalue weighted by Crippen LogP contribution is 2.51. The molecule has 0 aliphatic heterocycles. The van der Waals surface area contributed by atoms with E-state index in [0.29, 0.717) is 18.2 Å². The molecular formula is C15H19F3N2O. The molecule has 116 valence electrons. The first-order chi connectivity index (χ1) is 9.65. The van der Waals surface area contributed by atoms with Crippen molar-refractivity contribution in [3.05, 3.63) is 29.3 Å². The van der Waals surface area contributed by atoms with Crippen LogP contribution >= 0.6 is 0 Å². The van der Waals surface area contributed by atoms with Crippen molar-refractivity contribution in [3.8, 4) is 0 Å². The zero-order valence-corrected chi connectivity index (χ0v) is 12.3. The quantitative estimate of drug-likeness (QED) is 0.893. The molecule has 2 N–H and O–H groups in total. The van der Waals surface area contributed by atoms with Gasteiger partial charge in [0, 0.05) is 19.3 Å². The predicted octanol–water partition coefficient (Wildman–Crippen LogP) is 3.52. The van der Waals surface area contributed by atoms with Gasteiger partial charge in [-0.3, -0.25) is 4.79 Å². The van der Waals surface area contributed by atoms with Crippen LogP contribution in [-0.4, -0.2) is 19.5 Å². The van der Waals surface area contributed by atoms with Crippen molar-refractivity contribution in [2.75, 3.05) is 18.9 Å². The first-order valence-corrected chi connectivity index (χ1v) is 6.82. The molecule has 0 radical (unpaired) electrons. The highest BCUT2D eigenvalue weighted by Gasteiger charge is 2.45. The summed E-state index contributed by atoms with van der Waals surface area (Å²) in [5, 5.41) is 5.47. The minimum atomic E-state index is -4.46. The summed E-state index contributed by atoms with van der Waals surface area (Å²) in [5.74, 6) is -0.0848. The van der Waals surface area contributed by atoms with Gasteiger partial charge in [-0.15, -0.1) is 0 Å². The SMILES string of the molecule is CNc1ccc(C(F)(F)F)cc1C(=O)NCC1CC1(C)C. The Morgan fingerprint density at radius 1 is 1.38 bits per heavy atom. The van der Waals surface area contributed by atoms with E-state index in [1.54, 1.807) is 7.05 Å². The van der Waals surface area contributed by atoms with E-state index >= 15 is 0 Å². The van der Waals surface area contributed by atoms with E-state index in [-0.39, 0.29) is 11.0 Å². The van der Waals surface area contributed by atoms with Crippen molar-refractivity contribution in [1.29, 1.82) is 0 Å². The highest BCUT2D eigenvalue weighted by molar-refractivity contribution is 5.99. The van der Waals surface area contributed by atoms with E-state index in [0.717, 1.165) is 18.6 Å². The number of nitrogens with one attached hydrogen (secondary N) is 2. The lowest BCUT2D eigenvalue weighted by molar-refractivity contribution is -0.137. The first kappa shape index (κ1) is 15.7. The summed E-state index contributed by atoms with van der Waals surface area (Å²) in [6, 6.07) is 3.13. The Morgan fingerprint density at radius 2 is 2.00 bits per heavy atom. The Hall–Kier alpha value is -1.72. The van der Waals surface area contributed by atoms with Crippen molar-refractivity contribution in [1.82, 2.24) is 5.32 Å². The second kappa shape index (κ2) is 5.24. The van der Waals surface area contributed by atoms with Crippen LogP contribution in [0.4, 0.5) is 18.9 Å². The number of hydrogen-bond donors (Lipinski definition) is 2. The van der Waals surface area contributed by atoms with Gasteiger partial charge in [-0.25, -0.2) is 0 Å². The zero-order valence-electron chi connectivity index (χ0n) is 12.3. The van der Waals surface area contributed by atoms with Crippen LogP contribution in [0.15, 0.2) is 18.2 Å². The fourth-order valence-corrected chi connectivity index (χ4v) is 2.36. The van der Waals surface area contributed by atoms with Crippen LogP contribution in [0.2, 0.25) is 0 Å². The molecular weight excluding hydrogens is 281 g/mol. The number of benzene rings is 1. The van der Waals surface area contributed by atoms with Crippen molar-refractivity contribution < 1.29 is 18.0 Å². The van der Waals surface area contributed by atoms with E-state index in [2.05, 4.69) is 24.5 Å². The molecule has 0 saturated heterocycles. The largest absolute Gasteiger partial charge is 0.416 e. The van der Waals surface area contributed by atoms with Crippen molar-refractivity contribution in [2.24, 2.45) is 11.3 Å².